The summed E-state index contributed by atoms with van der Waals surface area (Å²) in [5.74, 6) is 0.493. The van der Waals surface area contributed by atoms with Gasteiger partial charge in [0.1, 0.15) is 11.9 Å². The predicted molar refractivity (Wildman–Crippen MR) is 73.2 cm³/mol. The lowest BCUT2D eigenvalue weighted by molar-refractivity contribution is -0.385. The van der Waals surface area contributed by atoms with Crippen molar-refractivity contribution < 1.29 is 14.4 Å². The molecular formula is C14H16N2O4. The number of furan rings is 1. The van der Waals surface area contributed by atoms with Crippen LogP contribution in [-0.2, 0) is 6.54 Å². The molecule has 2 aromatic rings. The van der Waals surface area contributed by atoms with E-state index < -0.39 is 11.0 Å². The number of nitro benzene ring substituents is 1. The van der Waals surface area contributed by atoms with Gasteiger partial charge >= 0.3 is 0 Å². The molecule has 1 aromatic heterocycles. The van der Waals surface area contributed by atoms with Crippen molar-refractivity contribution in [1.29, 1.82) is 0 Å². The van der Waals surface area contributed by atoms with Crippen molar-refractivity contribution in [1.82, 2.24) is 5.32 Å². The van der Waals surface area contributed by atoms with E-state index in [-0.39, 0.29) is 5.69 Å². The van der Waals surface area contributed by atoms with Gasteiger partial charge in [-0.3, -0.25) is 10.1 Å². The molecule has 0 saturated carbocycles. The van der Waals surface area contributed by atoms with Crippen LogP contribution in [0.25, 0.3) is 0 Å². The van der Waals surface area contributed by atoms with E-state index in [0.717, 1.165) is 5.56 Å². The van der Waals surface area contributed by atoms with Gasteiger partial charge in [-0.05, 0) is 24.6 Å². The highest BCUT2D eigenvalue weighted by Gasteiger charge is 2.12. The van der Waals surface area contributed by atoms with Crippen LogP contribution in [0.5, 0.6) is 0 Å². The molecule has 0 bridgehead atoms. The summed E-state index contributed by atoms with van der Waals surface area (Å²) in [6.07, 6.45) is 0.771. The highest BCUT2D eigenvalue weighted by molar-refractivity contribution is 5.42. The second-order valence-electron chi connectivity index (χ2n) is 4.54. The molecule has 6 nitrogen and oxygen atoms in total. The number of nitro groups is 1. The summed E-state index contributed by atoms with van der Waals surface area (Å²) < 4.78 is 5.09. The highest BCUT2D eigenvalue weighted by Crippen LogP contribution is 2.19. The molecular weight excluding hydrogens is 260 g/mol. The largest absolute Gasteiger partial charge is 0.467 e. The van der Waals surface area contributed by atoms with Gasteiger partial charge in [-0.15, -0.1) is 0 Å². The second-order valence-corrected chi connectivity index (χ2v) is 4.54. The molecule has 2 N–H and O–H groups in total. The fourth-order valence-corrected chi connectivity index (χ4v) is 1.90. The average molecular weight is 276 g/mol. The lowest BCUT2D eigenvalue weighted by atomic mass is 10.1. The van der Waals surface area contributed by atoms with Crippen LogP contribution in [0.4, 0.5) is 5.69 Å². The minimum absolute atomic E-state index is 0.107. The van der Waals surface area contributed by atoms with Crippen LogP contribution in [0.1, 0.15) is 23.0 Å². The predicted octanol–water partition coefficient (Wildman–Crippen LogP) is 2.32. The number of hydrogen-bond acceptors (Lipinski definition) is 5. The zero-order valence-corrected chi connectivity index (χ0v) is 11.1. The van der Waals surface area contributed by atoms with Crippen LogP contribution >= 0.6 is 0 Å². The Morgan fingerprint density at radius 2 is 2.25 bits per heavy atom. The molecule has 0 aliphatic heterocycles. The molecule has 0 radical (unpaired) electrons. The van der Waals surface area contributed by atoms with Gasteiger partial charge in [0, 0.05) is 24.7 Å². The minimum atomic E-state index is -0.731. The second kappa shape index (κ2) is 6.31. The summed E-state index contributed by atoms with van der Waals surface area (Å²) in [4.78, 5) is 10.5. The molecule has 0 fully saturated rings. The Kier molecular flexibility index (Phi) is 4.49. The summed E-state index contributed by atoms with van der Waals surface area (Å²) in [6.45, 7) is 2.46. The average Bonchev–Trinajstić information content (AvgIpc) is 2.94. The van der Waals surface area contributed by atoms with E-state index in [1.165, 1.54) is 6.26 Å². The first-order chi connectivity index (χ1) is 9.58. The van der Waals surface area contributed by atoms with E-state index in [2.05, 4.69) is 5.32 Å². The maximum absolute atomic E-state index is 10.8. The molecule has 6 heteroatoms. The van der Waals surface area contributed by atoms with Crippen molar-refractivity contribution in [3.63, 3.8) is 0 Å². The first-order valence-corrected chi connectivity index (χ1v) is 6.24. The smallest absolute Gasteiger partial charge is 0.272 e. The van der Waals surface area contributed by atoms with Gasteiger partial charge in [0.25, 0.3) is 5.69 Å². The quantitative estimate of drug-likeness (QED) is 0.624. The molecule has 0 saturated heterocycles. The van der Waals surface area contributed by atoms with Gasteiger partial charge in [-0.25, -0.2) is 0 Å². The Balaban J connectivity index is 1.91. The van der Waals surface area contributed by atoms with Gasteiger partial charge in [-0.2, -0.15) is 0 Å². The van der Waals surface area contributed by atoms with E-state index in [0.29, 0.717) is 24.4 Å². The maximum atomic E-state index is 10.8. The van der Waals surface area contributed by atoms with E-state index >= 15 is 0 Å². The maximum Gasteiger partial charge on any atom is 0.272 e. The van der Waals surface area contributed by atoms with Crippen molar-refractivity contribution in [2.45, 2.75) is 19.6 Å². The van der Waals surface area contributed by atoms with Crippen molar-refractivity contribution in [3.8, 4) is 0 Å². The number of rotatable bonds is 6. The summed E-state index contributed by atoms with van der Waals surface area (Å²) in [7, 11) is 0. The fraction of sp³-hybridized carbons (Fsp3) is 0.286. The van der Waals surface area contributed by atoms with Crippen molar-refractivity contribution in [2.75, 3.05) is 6.54 Å². The molecule has 1 heterocycles. The monoisotopic (exact) mass is 276 g/mol. The van der Waals surface area contributed by atoms with Crippen LogP contribution in [0.2, 0.25) is 0 Å². The number of aliphatic hydroxyl groups is 1. The third kappa shape index (κ3) is 3.43. The number of benzene rings is 1. The Morgan fingerprint density at radius 1 is 1.45 bits per heavy atom. The zero-order chi connectivity index (χ0) is 14.5. The van der Waals surface area contributed by atoms with Gasteiger partial charge in [0.05, 0.1) is 11.2 Å². The molecule has 2 rings (SSSR count). The van der Waals surface area contributed by atoms with Crippen LogP contribution < -0.4 is 5.32 Å². The molecule has 1 atom stereocenters. The first-order valence-electron chi connectivity index (χ1n) is 6.24. The topological polar surface area (TPSA) is 88.5 Å². The van der Waals surface area contributed by atoms with E-state index in [4.69, 9.17) is 4.42 Å². The Bertz CT molecular complexity index is 581. The molecule has 0 spiro atoms. The summed E-state index contributed by atoms with van der Waals surface area (Å²) in [5, 5.41) is 23.7. The summed E-state index contributed by atoms with van der Waals surface area (Å²) >= 11 is 0. The standard InChI is InChI=1S/C14H16N2O4/c1-10-4-5-11(7-12(10)16(18)19)8-15-9-13(17)14-3-2-6-20-14/h2-7,13,15,17H,8-9H2,1H3. The van der Waals surface area contributed by atoms with E-state index in [1.54, 1.807) is 31.2 Å². The lowest BCUT2D eigenvalue weighted by Gasteiger charge is -2.09. The van der Waals surface area contributed by atoms with Crippen LogP contribution in [0.3, 0.4) is 0 Å². The fourth-order valence-electron chi connectivity index (χ4n) is 1.90. The Hall–Kier alpha value is -2.18. The molecule has 106 valence electrons. The van der Waals surface area contributed by atoms with Crippen molar-refractivity contribution >= 4 is 5.69 Å². The molecule has 0 aliphatic carbocycles. The van der Waals surface area contributed by atoms with Crippen LogP contribution in [-0.4, -0.2) is 16.6 Å². The number of hydrogen-bond donors (Lipinski definition) is 2. The van der Waals surface area contributed by atoms with E-state index in [1.807, 2.05) is 6.07 Å². The minimum Gasteiger partial charge on any atom is -0.467 e. The number of nitrogens with zero attached hydrogens (tertiary/aromatic N) is 1. The lowest BCUT2D eigenvalue weighted by Crippen LogP contribution is -2.20. The number of nitrogens with one attached hydrogen (secondary N) is 1. The first kappa shape index (κ1) is 14.2. The van der Waals surface area contributed by atoms with Crippen LogP contribution in [0.15, 0.2) is 41.0 Å². The van der Waals surface area contributed by atoms with E-state index in [9.17, 15) is 15.2 Å². The Morgan fingerprint density at radius 3 is 2.90 bits per heavy atom. The van der Waals surface area contributed by atoms with Crippen LogP contribution in [0, 0.1) is 17.0 Å². The van der Waals surface area contributed by atoms with Crippen molar-refractivity contribution in [3.05, 3.63) is 63.6 Å². The SMILES string of the molecule is Cc1ccc(CNCC(O)c2ccco2)cc1[N+](=O)[O-]. The third-order valence-electron chi connectivity index (χ3n) is 3.01. The number of aryl methyl sites for hydroxylation is 1. The molecule has 1 unspecified atom stereocenters. The molecule has 0 aliphatic rings. The Labute approximate surface area is 116 Å². The van der Waals surface area contributed by atoms with Crippen molar-refractivity contribution in [2.24, 2.45) is 0 Å². The van der Waals surface area contributed by atoms with Gasteiger partial charge in [-0.1, -0.05) is 12.1 Å². The zero-order valence-electron chi connectivity index (χ0n) is 11.1. The molecule has 1 aromatic carbocycles. The summed E-state index contributed by atoms with van der Waals surface area (Å²) in [5.41, 5.74) is 1.54. The summed E-state index contributed by atoms with van der Waals surface area (Å²) in [6, 6.07) is 8.50. The van der Waals surface area contributed by atoms with Gasteiger partial charge in [0.2, 0.25) is 0 Å². The molecule has 20 heavy (non-hydrogen) atoms. The van der Waals surface area contributed by atoms with Gasteiger partial charge < -0.3 is 14.8 Å². The normalized spacial score (nSPS) is 12.3. The highest BCUT2D eigenvalue weighted by atomic mass is 16.6. The molecule has 0 amide bonds. The third-order valence-corrected chi connectivity index (χ3v) is 3.01. The number of aliphatic hydroxyl groups excluding tert-OH is 1. The van der Waals surface area contributed by atoms with Gasteiger partial charge in [0.15, 0.2) is 0 Å².